The highest BCUT2D eigenvalue weighted by molar-refractivity contribution is 5.80. The molecule has 0 aromatic carbocycles. The van der Waals surface area contributed by atoms with Crippen molar-refractivity contribution in [2.24, 2.45) is 10.9 Å². The van der Waals surface area contributed by atoms with Gasteiger partial charge in [-0.05, 0) is 32.2 Å². The highest BCUT2D eigenvalue weighted by Crippen LogP contribution is 2.19. The SMILES string of the molecule is CCNC(=NCC1CCCCN1CC(C)C)N1CCN(C(C)=O)CC1. The number of likely N-dealkylation sites (tertiary alicyclic amines) is 1. The van der Waals surface area contributed by atoms with Crippen molar-refractivity contribution in [3.05, 3.63) is 0 Å². The molecule has 1 amide bonds. The van der Waals surface area contributed by atoms with E-state index in [2.05, 4.69) is 35.9 Å². The smallest absolute Gasteiger partial charge is 0.219 e. The first-order valence-corrected chi connectivity index (χ1v) is 10.0. The zero-order chi connectivity index (χ0) is 18.2. The molecule has 1 unspecified atom stereocenters. The van der Waals surface area contributed by atoms with Crippen LogP contribution in [0.1, 0.15) is 47.0 Å². The summed E-state index contributed by atoms with van der Waals surface area (Å²) < 4.78 is 0. The van der Waals surface area contributed by atoms with Crippen molar-refractivity contribution in [1.29, 1.82) is 0 Å². The molecular weight excluding hydrogens is 314 g/mol. The fraction of sp³-hybridized carbons (Fsp3) is 0.895. The van der Waals surface area contributed by atoms with Gasteiger partial charge in [0.1, 0.15) is 0 Å². The van der Waals surface area contributed by atoms with Gasteiger partial charge >= 0.3 is 0 Å². The molecule has 1 atom stereocenters. The number of amides is 1. The molecule has 2 heterocycles. The van der Waals surface area contributed by atoms with Gasteiger partial charge in [-0.2, -0.15) is 0 Å². The second kappa shape index (κ2) is 10.00. The normalized spacial score (nSPS) is 23.2. The molecular formula is C19H37N5O. The average Bonchev–Trinajstić information content (AvgIpc) is 2.59. The lowest BCUT2D eigenvalue weighted by atomic mass is 10.0. The number of hydrogen-bond acceptors (Lipinski definition) is 3. The number of guanidine groups is 1. The van der Waals surface area contributed by atoms with E-state index in [-0.39, 0.29) is 5.91 Å². The van der Waals surface area contributed by atoms with Gasteiger partial charge in [0.2, 0.25) is 5.91 Å². The summed E-state index contributed by atoms with van der Waals surface area (Å²) in [6, 6.07) is 0.573. The third-order valence-electron chi connectivity index (χ3n) is 5.16. The highest BCUT2D eigenvalue weighted by atomic mass is 16.2. The number of hydrogen-bond donors (Lipinski definition) is 1. The Morgan fingerprint density at radius 1 is 1.12 bits per heavy atom. The Morgan fingerprint density at radius 2 is 1.80 bits per heavy atom. The molecule has 2 rings (SSSR count). The number of aliphatic imine (C=N–C) groups is 1. The van der Waals surface area contributed by atoms with Crippen LogP contribution in [0.15, 0.2) is 4.99 Å². The second-order valence-corrected chi connectivity index (χ2v) is 7.73. The summed E-state index contributed by atoms with van der Waals surface area (Å²) in [5, 5.41) is 3.45. The molecule has 6 nitrogen and oxygen atoms in total. The van der Waals surface area contributed by atoms with Gasteiger partial charge in [0.15, 0.2) is 5.96 Å². The maximum Gasteiger partial charge on any atom is 0.219 e. The first-order chi connectivity index (χ1) is 12.0. The molecule has 2 fully saturated rings. The van der Waals surface area contributed by atoms with Crippen LogP contribution in [-0.4, -0.2) is 85.0 Å². The van der Waals surface area contributed by atoms with Crippen molar-refractivity contribution in [3.8, 4) is 0 Å². The van der Waals surface area contributed by atoms with Crippen LogP contribution < -0.4 is 5.32 Å². The molecule has 2 aliphatic rings. The van der Waals surface area contributed by atoms with Gasteiger partial charge in [0.05, 0.1) is 6.54 Å². The summed E-state index contributed by atoms with van der Waals surface area (Å²) in [5.41, 5.74) is 0. The van der Waals surface area contributed by atoms with Gasteiger partial charge in [0.25, 0.3) is 0 Å². The predicted octanol–water partition coefficient (Wildman–Crippen LogP) is 1.63. The summed E-state index contributed by atoms with van der Waals surface area (Å²) in [7, 11) is 0. The molecule has 0 aliphatic carbocycles. The Labute approximate surface area is 153 Å². The van der Waals surface area contributed by atoms with Crippen molar-refractivity contribution >= 4 is 11.9 Å². The summed E-state index contributed by atoms with van der Waals surface area (Å²) in [6.45, 7) is 15.8. The summed E-state index contributed by atoms with van der Waals surface area (Å²) in [4.78, 5) is 23.3. The number of rotatable bonds is 5. The first kappa shape index (κ1) is 20.0. The van der Waals surface area contributed by atoms with E-state index in [1.807, 2.05) is 4.90 Å². The Bertz CT molecular complexity index is 443. The third kappa shape index (κ3) is 6.17. The minimum Gasteiger partial charge on any atom is -0.357 e. The van der Waals surface area contributed by atoms with Crippen LogP contribution in [0.3, 0.4) is 0 Å². The van der Waals surface area contributed by atoms with E-state index in [9.17, 15) is 4.79 Å². The zero-order valence-electron chi connectivity index (χ0n) is 16.6. The topological polar surface area (TPSA) is 51.2 Å². The summed E-state index contributed by atoms with van der Waals surface area (Å²) >= 11 is 0. The molecule has 0 spiro atoms. The standard InChI is InChI=1S/C19H37N5O/c1-5-20-19(23-12-10-22(11-13-23)17(4)25)21-14-18-8-6-7-9-24(18)15-16(2)3/h16,18H,5-15H2,1-4H3,(H,20,21). The number of nitrogens with zero attached hydrogens (tertiary/aromatic N) is 4. The van der Waals surface area contributed by atoms with Crippen LogP contribution in [0, 0.1) is 5.92 Å². The summed E-state index contributed by atoms with van der Waals surface area (Å²) in [5.74, 6) is 1.89. The molecule has 2 aliphatic heterocycles. The number of nitrogens with one attached hydrogen (secondary N) is 1. The Hall–Kier alpha value is -1.30. The van der Waals surface area contributed by atoms with Crippen LogP contribution in [0.25, 0.3) is 0 Å². The number of carbonyl (C=O) groups excluding carboxylic acids is 1. The quantitative estimate of drug-likeness (QED) is 0.604. The summed E-state index contributed by atoms with van der Waals surface area (Å²) in [6.07, 6.45) is 3.90. The number of piperidine rings is 1. The van der Waals surface area contributed by atoms with Gasteiger partial charge < -0.3 is 15.1 Å². The number of piperazine rings is 1. The maximum absolute atomic E-state index is 11.5. The second-order valence-electron chi connectivity index (χ2n) is 7.73. The van der Waals surface area contributed by atoms with E-state index in [1.54, 1.807) is 6.92 Å². The van der Waals surface area contributed by atoms with E-state index >= 15 is 0 Å². The van der Waals surface area contributed by atoms with E-state index < -0.39 is 0 Å². The largest absolute Gasteiger partial charge is 0.357 e. The van der Waals surface area contributed by atoms with Crippen molar-refractivity contribution < 1.29 is 4.79 Å². The Kier molecular flexibility index (Phi) is 8.00. The lowest BCUT2D eigenvalue weighted by molar-refractivity contribution is -0.130. The Balaban J connectivity index is 1.95. The van der Waals surface area contributed by atoms with Crippen molar-refractivity contribution in [2.75, 3.05) is 52.4 Å². The molecule has 1 N–H and O–H groups in total. The fourth-order valence-electron chi connectivity index (χ4n) is 3.83. The van der Waals surface area contributed by atoms with Crippen molar-refractivity contribution in [3.63, 3.8) is 0 Å². The fourth-order valence-corrected chi connectivity index (χ4v) is 3.83. The molecule has 6 heteroatoms. The molecule has 0 bridgehead atoms. The van der Waals surface area contributed by atoms with E-state index in [0.29, 0.717) is 12.0 Å². The lowest BCUT2D eigenvalue weighted by Gasteiger charge is -2.38. The molecule has 144 valence electrons. The molecule has 0 aromatic heterocycles. The van der Waals surface area contributed by atoms with Gasteiger partial charge in [-0.15, -0.1) is 0 Å². The van der Waals surface area contributed by atoms with Crippen molar-refractivity contribution in [1.82, 2.24) is 20.0 Å². The maximum atomic E-state index is 11.5. The highest BCUT2D eigenvalue weighted by Gasteiger charge is 2.24. The monoisotopic (exact) mass is 351 g/mol. The minimum absolute atomic E-state index is 0.174. The van der Waals surface area contributed by atoms with E-state index in [1.165, 1.54) is 32.4 Å². The molecule has 0 saturated carbocycles. The lowest BCUT2D eigenvalue weighted by Crippen LogP contribution is -2.53. The van der Waals surface area contributed by atoms with Crippen LogP contribution >= 0.6 is 0 Å². The first-order valence-electron chi connectivity index (χ1n) is 10.0. The minimum atomic E-state index is 0.174. The van der Waals surface area contributed by atoms with Crippen molar-refractivity contribution in [2.45, 2.75) is 53.0 Å². The van der Waals surface area contributed by atoms with Crippen LogP contribution in [0.4, 0.5) is 0 Å². The third-order valence-corrected chi connectivity index (χ3v) is 5.16. The average molecular weight is 352 g/mol. The van der Waals surface area contributed by atoms with Crippen LogP contribution in [0.5, 0.6) is 0 Å². The van der Waals surface area contributed by atoms with Crippen LogP contribution in [-0.2, 0) is 4.79 Å². The molecule has 0 aromatic rings. The van der Waals surface area contributed by atoms with Gasteiger partial charge in [-0.25, -0.2) is 0 Å². The van der Waals surface area contributed by atoms with Crippen LogP contribution in [0.2, 0.25) is 0 Å². The van der Waals surface area contributed by atoms with E-state index in [4.69, 9.17) is 4.99 Å². The predicted molar refractivity (Wildman–Crippen MR) is 104 cm³/mol. The molecule has 25 heavy (non-hydrogen) atoms. The Morgan fingerprint density at radius 3 is 2.40 bits per heavy atom. The zero-order valence-corrected chi connectivity index (χ0v) is 16.6. The van der Waals surface area contributed by atoms with Gasteiger partial charge in [-0.1, -0.05) is 20.3 Å². The van der Waals surface area contributed by atoms with Gasteiger partial charge in [-0.3, -0.25) is 14.7 Å². The van der Waals surface area contributed by atoms with Gasteiger partial charge in [0, 0.05) is 52.2 Å². The number of carbonyl (C=O) groups is 1. The molecule has 0 radical (unpaired) electrons. The van der Waals surface area contributed by atoms with E-state index in [0.717, 1.165) is 45.2 Å². The molecule has 2 saturated heterocycles.